The lowest BCUT2D eigenvalue weighted by atomic mass is 10.1. The van der Waals surface area contributed by atoms with Crippen LogP contribution < -0.4 is 30.3 Å². The fourth-order valence-corrected chi connectivity index (χ4v) is 3.63. The molecule has 0 aromatic heterocycles. The van der Waals surface area contributed by atoms with Crippen molar-refractivity contribution in [3.8, 4) is 17.2 Å². The minimum atomic E-state index is -0.894. The molecule has 0 aliphatic rings. The number of hydrazone groups is 1. The van der Waals surface area contributed by atoms with Gasteiger partial charge in [-0.3, -0.25) is 14.4 Å². The Morgan fingerprint density at radius 3 is 2.44 bits per heavy atom. The van der Waals surface area contributed by atoms with Gasteiger partial charge in [-0.15, -0.1) is 0 Å². The van der Waals surface area contributed by atoms with Gasteiger partial charge in [0.2, 0.25) is 0 Å². The first-order valence-corrected chi connectivity index (χ1v) is 12.2. The minimum absolute atomic E-state index is 0.172. The zero-order valence-corrected chi connectivity index (χ0v) is 22.4. The molecule has 0 heterocycles. The molecule has 3 aromatic rings. The summed E-state index contributed by atoms with van der Waals surface area (Å²) in [5, 5.41) is 9.21. The zero-order chi connectivity index (χ0) is 28.2. The Labute approximate surface area is 227 Å². The van der Waals surface area contributed by atoms with Crippen molar-refractivity contribution < 1.29 is 28.6 Å². The Bertz CT molecular complexity index is 1360. The Balaban J connectivity index is 1.42. The van der Waals surface area contributed by atoms with Crippen molar-refractivity contribution >= 4 is 29.6 Å². The molecule has 10 nitrogen and oxygen atoms in total. The van der Waals surface area contributed by atoms with E-state index in [9.17, 15) is 14.4 Å². The van der Waals surface area contributed by atoms with E-state index < -0.39 is 11.8 Å². The summed E-state index contributed by atoms with van der Waals surface area (Å²) >= 11 is 0. The lowest BCUT2D eigenvalue weighted by Crippen LogP contribution is -2.38. The molecule has 0 unspecified atom stereocenters. The van der Waals surface area contributed by atoms with Crippen LogP contribution in [-0.4, -0.2) is 51.3 Å². The number of amides is 3. The normalized spacial score (nSPS) is 10.6. The van der Waals surface area contributed by atoms with Crippen molar-refractivity contribution in [2.75, 3.05) is 32.7 Å². The molecule has 0 aliphatic heterocycles. The van der Waals surface area contributed by atoms with Crippen molar-refractivity contribution in [1.29, 1.82) is 0 Å². The van der Waals surface area contributed by atoms with Crippen LogP contribution in [0.2, 0.25) is 0 Å². The molecule has 10 heteroatoms. The molecular formula is C29H32N4O6. The van der Waals surface area contributed by atoms with Crippen LogP contribution in [0.5, 0.6) is 17.2 Å². The van der Waals surface area contributed by atoms with Crippen molar-refractivity contribution in [3.05, 3.63) is 82.9 Å². The molecule has 0 aliphatic carbocycles. The third kappa shape index (κ3) is 8.89. The maximum absolute atomic E-state index is 12.3. The average Bonchev–Trinajstić information content (AvgIpc) is 2.93. The third-order valence-electron chi connectivity index (χ3n) is 5.62. The quantitative estimate of drug-likeness (QED) is 0.198. The van der Waals surface area contributed by atoms with Gasteiger partial charge in [0.1, 0.15) is 5.75 Å². The summed E-state index contributed by atoms with van der Waals surface area (Å²) in [4.78, 5) is 36.4. The van der Waals surface area contributed by atoms with Crippen LogP contribution in [0.4, 0.5) is 5.69 Å². The number of methoxy groups -OCH3 is 2. The van der Waals surface area contributed by atoms with Crippen LogP contribution in [0.25, 0.3) is 0 Å². The number of nitrogens with one attached hydrogen (secondary N) is 3. The summed E-state index contributed by atoms with van der Waals surface area (Å²) < 4.78 is 16.0. The highest BCUT2D eigenvalue weighted by molar-refractivity contribution is 6.35. The summed E-state index contributed by atoms with van der Waals surface area (Å²) in [6.45, 7) is 3.99. The van der Waals surface area contributed by atoms with Gasteiger partial charge in [0.05, 0.1) is 20.4 Å². The topological polar surface area (TPSA) is 127 Å². The monoisotopic (exact) mass is 532 g/mol. The largest absolute Gasteiger partial charge is 0.493 e. The third-order valence-corrected chi connectivity index (χ3v) is 5.62. The predicted molar refractivity (Wildman–Crippen MR) is 148 cm³/mol. The van der Waals surface area contributed by atoms with Crippen LogP contribution >= 0.6 is 0 Å². The van der Waals surface area contributed by atoms with Crippen LogP contribution in [0.15, 0.2) is 65.8 Å². The highest BCUT2D eigenvalue weighted by Crippen LogP contribution is 2.27. The van der Waals surface area contributed by atoms with Crippen molar-refractivity contribution in [3.63, 3.8) is 0 Å². The summed E-state index contributed by atoms with van der Waals surface area (Å²) in [6, 6.07) is 18.0. The SMILES string of the molecule is COc1ccc(CCNC(=O)C(=O)N/N=C\c2cccc(OCC(=O)Nc3ccc(C)cc3C)c2)cc1OC. The van der Waals surface area contributed by atoms with Gasteiger partial charge in [-0.1, -0.05) is 35.9 Å². The number of rotatable bonds is 11. The molecule has 0 saturated carbocycles. The van der Waals surface area contributed by atoms with E-state index in [0.29, 0.717) is 29.2 Å². The number of hydrogen-bond donors (Lipinski definition) is 3. The summed E-state index contributed by atoms with van der Waals surface area (Å²) in [5.74, 6) is -0.338. The average molecular weight is 533 g/mol. The van der Waals surface area contributed by atoms with E-state index in [0.717, 1.165) is 22.4 Å². The van der Waals surface area contributed by atoms with E-state index >= 15 is 0 Å². The number of nitrogens with zero attached hydrogens (tertiary/aromatic N) is 1. The molecule has 0 atom stereocenters. The van der Waals surface area contributed by atoms with Crippen molar-refractivity contribution in [2.24, 2.45) is 5.10 Å². The Morgan fingerprint density at radius 2 is 1.69 bits per heavy atom. The van der Waals surface area contributed by atoms with Crippen LogP contribution in [0, 0.1) is 13.8 Å². The maximum atomic E-state index is 12.3. The smallest absolute Gasteiger partial charge is 0.329 e. The fourth-order valence-electron chi connectivity index (χ4n) is 3.63. The molecule has 39 heavy (non-hydrogen) atoms. The highest BCUT2D eigenvalue weighted by Gasteiger charge is 2.12. The molecule has 0 saturated heterocycles. The first-order chi connectivity index (χ1) is 18.8. The summed E-state index contributed by atoms with van der Waals surface area (Å²) in [7, 11) is 3.10. The Hall–Kier alpha value is -4.86. The molecule has 0 radical (unpaired) electrons. The number of ether oxygens (including phenoxy) is 3. The lowest BCUT2D eigenvalue weighted by molar-refractivity contribution is -0.139. The molecule has 3 rings (SSSR count). The molecule has 3 amide bonds. The number of aryl methyl sites for hydroxylation is 2. The van der Waals surface area contributed by atoms with Crippen LogP contribution in [-0.2, 0) is 20.8 Å². The molecule has 3 N–H and O–H groups in total. The number of carbonyl (C=O) groups excluding carboxylic acids is 3. The molecule has 0 bridgehead atoms. The lowest BCUT2D eigenvalue weighted by Gasteiger charge is -2.10. The second-order valence-corrected chi connectivity index (χ2v) is 8.62. The number of hydrogen-bond acceptors (Lipinski definition) is 7. The summed E-state index contributed by atoms with van der Waals surface area (Å²) in [5.41, 5.74) is 6.53. The van der Waals surface area contributed by atoms with E-state index in [1.165, 1.54) is 6.21 Å². The first kappa shape index (κ1) is 28.7. The van der Waals surface area contributed by atoms with E-state index in [2.05, 4.69) is 21.2 Å². The summed E-state index contributed by atoms with van der Waals surface area (Å²) in [6.07, 6.45) is 1.87. The van der Waals surface area contributed by atoms with Gasteiger partial charge >= 0.3 is 11.8 Å². The van der Waals surface area contributed by atoms with Crippen molar-refractivity contribution in [2.45, 2.75) is 20.3 Å². The molecule has 0 spiro atoms. The van der Waals surface area contributed by atoms with Gasteiger partial charge in [-0.25, -0.2) is 5.43 Å². The molecule has 0 fully saturated rings. The first-order valence-electron chi connectivity index (χ1n) is 12.2. The molecular weight excluding hydrogens is 500 g/mol. The zero-order valence-electron chi connectivity index (χ0n) is 22.4. The maximum Gasteiger partial charge on any atom is 0.329 e. The van der Waals surface area contributed by atoms with Gasteiger partial charge in [0.25, 0.3) is 5.91 Å². The van der Waals surface area contributed by atoms with Crippen LogP contribution in [0.3, 0.4) is 0 Å². The number of carbonyl (C=O) groups is 3. The standard InChI is InChI=1S/C29H32N4O6/c1-19-8-10-24(20(2)14-19)32-27(34)18-39-23-7-5-6-22(15-23)17-31-33-29(36)28(35)30-13-12-21-9-11-25(37-3)26(16-21)38-4/h5-11,14-17H,12-13,18H2,1-4H3,(H,30,35)(H,32,34)(H,33,36)/b31-17-. The van der Waals surface area contributed by atoms with E-state index in [-0.39, 0.29) is 19.1 Å². The Kier molecular flexibility index (Phi) is 10.4. The van der Waals surface area contributed by atoms with E-state index in [4.69, 9.17) is 14.2 Å². The van der Waals surface area contributed by atoms with E-state index in [1.54, 1.807) is 44.6 Å². The van der Waals surface area contributed by atoms with Crippen molar-refractivity contribution in [1.82, 2.24) is 10.7 Å². The van der Waals surface area contributed by atoms with Gasteiger partial charge in [0.15, 0.2) is 18.1 Å². The molecule has 204 valence electrons. The number of benzene rings is 3. The van der Waals surface area contributed by atoms with Gasteiger partial charge in [0, 0.05) is 12.2 Å². The fraction of sp³-hybridized carbons (Fsp3) is 0.241. The van der Waals surface area contributed by atoms with Crippen LogP contribution in [0.1, 0.15) is 22.3 Å². The number of anilines is 1. The highest BCUT2D eigenvalue weighted by atomic mass is 16.5. The minimum Gasteiger partial charge on any atom is -0.493 e. The second-order valence-electron chi connectivity index (χ2n) is 8.62. The predicted octanol–water partition coefficient (Wildman–Crippen LogP) is 3.15. The van der Waals surface area contributed by atoms with Gasteiger partial charge in [-0.05, 0) is 67.3 Å². The molecule has 3 aromatic carbocycles. The second kappa shape index (κ2) is 14.2. The Morgan fingerprint density at radius 1 is 0.897 bits per heavy atom. The van der Waals surface area contributed by atoms with E-state index in [1.807, 2.05) is 44.2 Å². The van der Waals surface area contributed by atoms with Gasteiger partial charge < -0.3 is 24.8 Å². The van der Waals surface area contributed by atoms with Gasteiger partial charge in [-0.2, -0.15) is 5.10 Å².